The summed E-state index contributed by atoms with van der Waals surface area (Å²) in [6.07, 6.45) is 0. The van der Waals surface area contributed by atoms with Crippen molar-refractivity contribution < 1.29 is 4.79 Å². The van der Waals surface area contributed by atoms with Crippen LogP contribution in [0.15, 0.2) is 5.51 Å². The van der Waals surface area contributed by atoms with Crippen LogP contribution in [-0.4, -0.2) is 28.7 Å². The zero-order chi connectivity index (χ0) is 11.3. The van der Waals surface area contributed by atoms with Crippen LogP contribution in [0.3, 0.4) is 0 Å². The van der Waals surface area contributed by atoms with Gasteiger partial charge in [-0.15, -0.1) is 10.2 Å². The molecule has 0 saturated carbocycles. The fourth-order valence-electron chi connectivity index (χ4n) is 0.945. The van der Waals surface area contributed by atoms with E-state index in [0.717, 1.165) is 0 Å². The fraction of sp³-hybridized carbons (Fsp3) is 0.667. The summed E-state index contributed by atoms with van der Waals surface area (Å²) in [5, 5.41) is 14.0. The molecule has 5 nitrogen and oxygen atoms in total. The normalized spacial score (nSPS) is 12.5. The number of carbonyl (C=O) groups excluding carboxylic acids is 1. The second-order valence-electron chi connectivity index (χ2n) is 3.75. The van der Waals surface area contributed by atoms with Crippen LogP contribution in [0.1, 0.15) is 20.8 Å². The van der Waals surface area contributed by atoms with Crippen LogP contribution in [0.2, 0.25) is 0 Å². The Bertz CT molecular complexity index is 299. The Labute approximate surface area is 93.3 Å². The van der Waals surface area contributed by atoms with Gasteiger partial charge in [-0.25, -0.2) is 0 Å². The van der Waals surface area contributed by atoms with Gasteiger partial charge in [-0.3, -0.25) is 4.79 Å². The average molecular weight is 228 g/mol. The summed E-state index contributed by atoms with van der Waals surface area (Å²) < 4.78 is 0. The minimum atomic E-state index is -0.281. The van der Waals surface area contributed by atoms with Crippen molar-refractivity contribution in [2.45, 2.75) is 26.8 Å². The van der Waals surface area contributed by atoms with Crippen molar-refractivity contribution >= 4 is 22.4 Å². The molecule has 0 radical (unpaired) electrons. The van der Waals surface area contributed by atoms with Gasteiger partial charge in [-0.1, -0.05) is 25.2 Å². The number of amides is 1. The van der Waals surface area contributed by atoms with Crippen molar-refractivity contribution in [3.05, 3.63) is 5.51 Å². The maximum Gasteiger partial charge on any atom is 0.242 e. The van der Waals surface area contributed by atoms with Gasteiger partial charge in [-0.05, 0) is 12.8 Å². The van der Waals surface area contributed by atoms with E-state index < -0.39 is 0 Å². The molecule has 1 aromatic heterocycles. The van der Waals surface area contributed by atoms with E-state index in [1.807, 2.05) is 0 Å². The van der Waals surface area contributed by atoms with E-state index in [-0.39, 0.29) is 11.9 Å². The molecule has 1 heterocycles. The van der Waals surface area contributed by atoms with Gasteiger partial charge in [0.15, 0.2) is 0 Å². The summed E-state index contributed by atoms with van der Waals surface area (Å²) >= 11 is 1.38. The predicted molar refractivity (Wildman–Crippen MR) is 60.8 cm³/mol. The summed E-state index contributed by atoms with van der Waals surface area (Å²) in [6.45, 7) is 6.62. The summed E-state index contributed by atoms with van der Waals surface area (Å²) in [4.78, 5) is 11.6. The van der Waals surface area contributed by atoms with Crippen LogP contribution in [0, 0.1) is 5.92 Å². The van der Waals surface area contributed by atoms with E-state index in [0.29, 0.717) is 17.6 Å². The van der Waals surface area contributed by atoms with E-state index in [1.165, 1.54) is 11.3 Å². The van der Waals surface area contributed by atoms with E-state index >= 15 is 0 Å². The minimum absolute atomic E-state index is 0.0149. The maximum absolute atomic E-state index is 11.6. The summed E-state index contributed by atoms with van der Waals surface area (Å²) in [6, 6.07) is -0.281. The molecule has 6 heteroatoms. The van der Waals surface area contributed by atoms with Gasteiger partial charge in [0.2, 0.25) is 11.0 Å². The van der Waals surface area contributed by atoms with Crippen LogP contribution in [0.25, 0.3) is 0 Å². The number of hydrogen-bond acceptors (Lipinski definition) is 5. The lowest BCUT2D eigenvalue weighted by atomic mass is 10.2. The van der Waals surface area contributed by atoms with Gasteiger partial charge in [0.1, 0.15) is 11.6 Å². The number of anilines is 1. The molecule has 1 atom stereocenters. The molecule has 1 rings (SSSR count). The quantitative estimate of drug-likeness (QED) is 0.792. The van der Waals surface area contributed by atoms with Gasteiger partial charge < -0.3 is 10.6 Å². The Kier molecular flexibility index (Phi) is 4.48. The van der Waals surface area contributed by atoms with E-state index in [9.17, 15) is 4.79 Å². The van der Waals surface area contributed by atoms with Crippen molar-refractivity contribution in [2.75, 3.05) is 11.9 Å². The van der Waals surface area contributed by atoms with Gasteiger partial charge in [0, 0.05) is 6.54 Å². The van der Waals surface area contributed by atoms with Gasteiger partial charge >= 0.3 is 0 Å². The maximum atomic E-state index is 11.6. The van der Waals surface area contributed by atoms with E-state index in [4.69, 9.17) is 0 Å². The Morgan fingerprint density at radius 3 is 2.80 bits per heavy atom. The van der Waals surface area contributed by atoms with Crippen LogP contribution in [-0.2, 0) is 4.79 Å². The third-order valence-corrected chi connectivity index (χ3v) is 2.40. The number of carbonyl (C=O) groups is 1. The fourth-order valence-corrected chi connectivity index (χ4v) is 1.48. The van der Waals surface area contributed by atoms with Gasteiger partial charge in [-0.2, -0.15) is 0 Å². The first-order valence-electron chi connectivity index (χ1n) is 4.90. The molecule has 0 aliphatic carbocycles. The molecular formula is C9H16N4OS. The molecule has 1 unspecified atom stereocenters. The molecule has 0 aliphatic rings. The van der Waals surface area contributed by atoms with Crippen molar-refractivity contribution in [3.8, 4) is 0 Å². The molecule has 1 aromatic rings. The molecule has 0 aromatic carbocycles. The summed E-state index contributed by atoms with van der Waals surface area (Å²) in [5.74, 6) is 0.446. The highest BCUT2D eigenvalue weighted by molar-refractivity contribution is 7.13. The smallest absolute Gasteiger partial charge is 0.242 e. The lowest BCUT2D eigenvalue weighted by Crippen LogP contribution is -2.39. The monoisotopic (exact) mass is 228 g/mol. The number of hydrogen-bond donors (Lipinski definition) is 2. The van der Waals surface area contributed by atoms with Crippen molar-refractivity contribution in [2.24, 2.45) is 5.92 Å². The SMILES string of the molecule is CC(C)CNC(=O)C(C)Nc1nncs1. The second-order valence-corrected chi connectivity index (χ2v) is 4.58. The van der Waals surface area contributed by atoms with E-state index in [1.54, 1.807) is 12.4 Å². The Morgan fingerprint density at radius 2 is 2.27 bits per heavy atom. The third-order valence-electron chi connectivity index (χ3n) is 1.78. The van der Waals surface area contributed by atoms with Crippen LogP contribution in [0.5, 0.6) is 0 Å². The van der Waals surface area contributed by atoms with E-state index in [2.05, 4.69) is 34.7 Å². The average Bonchev–Trinajstić information content (AvgIpc) is 2.66. The molecule has 2 N–H and O–H groups in total. The predicted octanol–water partition coefficient (Wildman–Crippen LogP) is 1.11. The zero-order valence-corrected chi connectivity index (χ0v) is 9.97. The number of nitrogens with one attached hydrogen (secondary N) is 2. The molecule has 15 heavy (non-hydrogen) atoms. The minimum Gasteiger partial charge on any atom is -0.354 e. The molecule has 0 bridgehead atoms. The van der Waals surface area contributed by atoms with Gasteiger partial charge in [0.05, 0.1) is 0 Å². The third kappa shape index (κ3) is 4.24. The molecule has 0 saturated heterocycles. The Balaban J connectivity index is 2.33. The Hall–Kier alpha value is -1.17. The van der Waals surface area contributed by atoms with Crippen molar-refractivity contribution in [1.82, 2.24) is 15.5 Å². The van der Waals surface area contributed by atoms with Crippen LogP contribution >= 0.6 is 11.3 Å². The first-order valence-corrected chi connectivity index (χ1v) is 5.78. The molecular weight excluding hydrogens is 212 g/mol. The van der Waals surface area contributed by atoms with Crippen LogP contribution in [0.4, 0.5) is 5.13 Å². The van der Waals surface area contributed by atoms with Gasteiger partial charge in [0.25, 0.3) is 0 Å². The largest absolute Gasteiger partial charge is 0.354 e. The number of aromatic nitrogens is 2. The lowest BCUT2D eigenvalue weighted by molar-refractivity contribution is -0.121. The lowest BCUT2D eigenvalue weighted by Gasteiger charge is -2.13. The van der Waals surface area contributed by atoms with Crippen molar-refractivity contribution in [1.29, 1.82) is 0 Å². The molecule has 0 aliphatic heterocycles. The zero-order valence-electron chi connectivity index (χ0n) is 9.15. The van der Waals surface area contributed by atoms with Crippen LogP contribution < -0.4 is 10.6 Å². The highest BCUT2D eigenvalue weighted by Crippen LogP contribution is 2.09. The molecule has 0 spiro atoms. The number of rotatable bonds is 5. The van der Waals surface area contributed by atoms with Crippen molar-refractivity contribution in [3.63, 3.8) is 0 Å². The highest BCUT2D eigenvalue weighted by Gasteiger charge is 2.13. The topological polar surface area (TPSA) is 66.9 Å². The highest BCUT2D eigenvalue weighted by atomic mass is 32.1. The summed E-state index contributed by atoms with van der Waals surface area (Å²) in [5.41, 5.74) is 1.63. The Morgan fingerprint density at radius 1 is 1.53 bits per heavy atom. The first kappa shape index (κ1) is 11.9. The first-order chi connectivity index (χ1) is 7.09. The molecule has 1 amide bonds. The molecule has 0 fully saturated rings. The standard InChI is InChI=1S/C9H16N4OS/c1-6(2)4-10-8(14)7(3)12-9-13-11-5-15-9/h5-7H,4H2,1-3H3,(H,10,14)(H,12,13). The second kappa shape index (κ2) is 5.65. The summed E-state index contributed by atoms with van der Waals surface area (Å²) in [7, 11) is 0. The number of nitrogens with zero attached hydrogens (tertiary/aromatic N) is 2. The molecule has 84 valence electrons.